The number of aromatic nitrogens is 1. The molecule has 0 radical (unpaired) electrons. The summed E-state index contributed by atoms with van der Waals surface area (Å²) >= 11 is 0. The Hall–Kier alpha value is -3.66. The van der Waals surface area contributed by atoms with E-state index in [1.165, 1.54) is 19.1 Å². The number of carbonyl (C=O) groups excluding carboxylic acids is 3. The minimum atomic E-state index is -0.871. The largest absolute Gasteiger partial charge is 0.451 e. The van der Waals surface area contributed by atoms with Gasteiger partial charge < -0.3 is 14.6 Å². The van der Waals surface area contributed by atoms with E-state index in [4.69, 9.17) is 4.74 Å². The Morgan fingerprint density at radius 3 is 2.55 bits per heavy atom. The molecule has 7 nitrogen and oxygen atoms in total. The summed E-state index contributed by atoms with van der Waals surface area (Å²) in [7, 11) is 0. The van der Waals surface area contributed by atoms with Gasteiger partial charge in [-0.25, -0.2) is 4.79 Å². The minimum Gasteiger partial charge on any atom is -0.451 e. The number of benzene rings is 1. The maximum Gasteiger partial charge on any atom is 0.349 e. The van der Waals surface area contributed by atoms with E-state index in [1.54, 1.807) is 18.2 Å². The zero-order valence-electron chi connectivity index (χ0n) is 18.5. The third-order valence-electron chi connectivity index (χ3n) is 4.69. The average Bonchev–Trinajstić information content (AvgIpc) is 2.97. The van der Waals surface area contributed by atoms with Gasteiger partial charge >= 0.3 is 5.97 Å². The molecule has 31 heavy (non-hydrogen) atoms. The number of hydrogen-bond acceptors (Lipinski definition) is 5. The van der Waals surface area contributed by atoms with Crippen molar-refractivity contribution < 1.29 is 19.1 Å². The third kappa shape index (κ3) is 6.41. The summed E-state index contributed by atoms with van der Waals surface area (Å²) in [6, 6.07) is 10.2. The number of esters is 1. The van der Waals surface area contributed by atoms with Gasteiger partial charge in [-0.2, -0.15) is 5.26 Å². The minimum absolute atomic E-state index is 0.126. The van der Waals surface area contributed by atoms with Gasteiger partial charge in [-0.05, 0) is 56.5 Å². The van der Waals surface area contributed by atoms with Crippen LogP contribution in [0.15, 0.2) is 35.9 Å². The fourth-order valence-electron chi connectivity index (χ4n) is 3.13. The fraction of sp³-hybridized carbons (Fsp3) is 0.333. The Labute approximate surface area is 182 Å². The molecule has 0 spiro atoms. The van der Waals surface area contributed by atoms with Crippen molar-refractivity contribution >= 4 is 29.4 Å². The van der Waals surface area contributed by atoms with E-state index >= 15 is 0 Å². The van der Waals surface area contributed by atoms with Crippen molar-refractivity contribution in [2.24, 2.45) is 5.92 Å². The van der Waals surface area contributed by atoms with E-state index in [-0.39, 0.29) is 11.4 Å². The lowest BCUT2D eigenvalue weighted by Gasteiger charge is -2.12. The summed E-state index contributed by atoms with van der Waals surface area (Å²) in [5.41, 5.74) is 3.44. The van der Waals surface area contributed by atoms with Gasteiger partial charge in [0.05, 0.1) is 0 Å². The van der Waals surface area contributed by atoms with Crippen LogP contribution in [-0.2, 0) is 20.9 Å². The van der Waals surface area contributed by atoms with Crippen LogP contribution in [0.1, 0.15) is 48.1 Å². The maximum absolute atomic E-state index is 12.3. The van der Waals surface area contributed by atoms with Crippen LogP contribution in [0.2, 0.25) is 0 Å². The molecule has 1 N–H and O–H groups in total. The first-order valence-corrected chi connectivity index (χ1v) is 9.98. The van der Waals surface area contributed by atoms with Gasteiger partial charge in [0, 0.05) is 29.2 Å². The predicted molar refractivity (Wildman–Crippen MR) is 118 cm³/mol. The second-order valence-corrected chi connectivity index (χ2v) is 7.76. The average molecular weight is 421 g/mol. The molecule has 1 amide bonds. The molecule has 1 aromatic heterocycles. The number of nitrogens with zero attached hydrogens (tertiary/aromatic N) is 2. The molecule has 7 heteroatoms. The zero-order chi connectivity index (χ0) is 23.1. The summed E-state index contributed by atoms with van der Waals surface area (Å²) in [6.07, 6.45) is 1.48. The molecular weight excluding hydrogens is 394 g/mol. The van der Waals surface area contributed by atoms with Gasteiger partial charge in [0.15, 0.2) is 12.4 Å². The van der Waals surface area contributed by atoms with E-state index in [1.807, 2.05) is 26.0 Å². The fourth-order valence-corrected chi connectivity index (χ4v) is 3.13. The van der Waals surface area contributed by atoms with Crippen LogP contribution in [0.5, 0.6) is 0 Å². The highest BCUT2D eigenvalue weighted by Crippen LogP contribution is 2.20. The van der Waals surface area contributed by atoms with Gasteiger partial charge in [0.1, 0.15) is 11.6 Å². The molecule has 2 rings (SSSR count). The number of nitrogens with one attached hydrogen (secondary N) is 1. The molecule has 0 bridgehead atoms. The zero-order valence-corrected chi connectivity index (χ0v) is 18.5. The molecular formula is C24H27N3O4. The SMILES string of the molecule is CC(=O)c1cccc(NC(=O)COC(=O)/C(C#N)=C/c2cc(C)n(CC(C)C)c2C)c1. The summed E-state index contributed by atoms with van der Waals surface area (Å²) in [5.74, 6) is -1.11. The van der Waals surface area contributed by atoms with Crippen LogP contribution in [0.3, 0.4) is 0 Å². The van der Waals surface area contributed by atoms with Gasteiger partial charge in [0.2, 0.25) is 0 Å². The summed E-state index contributed by atoms with van der Waals surface area (Å²) in [4.78, 5) is 35.8. The molecule has 0 unspecified atom stereocenters. The van der Waals surface area contributed by atoms with Crippen LogP contribution in [0, 0.1) is 31.1 Å². The summed E-state index contributed by atoms with van der Waals surface area (Å²) in [5, 5.41) is 12.0. The molecule has 0 saturated heterocycles. The van der Waals surface area contributed by atoms with E-state index in [9.17, 15) is 19.6 Å². The van der Waals surface area contributed by atoms with Crippen molar-refractivity contribution in [3.8, 4) is 6.07 Å². The summed E-state index contributed by atoms with van der Waals surface area (Å²) < 4.78 is 7.14. The molecule has 0 fully saturated rings. The standard InChI is InChI=1S/C24H27N3O4/c1-15(2)13-27-16(3)9-20(17(27)4)10-21(12-25)24(30)31-14-23(29)26-22-8-6-7-19(11-22)18(5)28/h6-11,15H,13-14H2,1-5H3,(H,26,29)/b21-10+. The normalized spacial score (nSPS) is 11.2. The lowest BCUT2D eigenvalue weighted by atomic mass is 10.1. The molecule has 0 aliphatic carbocycles. The smallest absolute Gasteiger partial charge is 0.349 e. The van der Waals surface area contributed by atoms with Gasteiger partial charge in [-0.1, -0.05) is 26.0 Å². The van der Waals surface area contributed by atoms with Crippen LogP contribution < -0.4 is 5.32 Å². The van der Waals surface area contributed by atoms with Gasteiger partial charge in [-0.15, -0.1) is 0 Å². The van der Waals surface area contributed by atoms with E-state index in [2.05, 4.69) is 23.7 Å². The van der Waals surface area contributed by atoms with Crippen LogP contribution in [-0.4, -0.2) is 28.8 Å². The second kappa shape index (κ2) is 10.4. The number of rotatable bonds is 8. The predicted octanol–water partition coefficient (Wildman–Crippen LogP) is 4.05. The number of carbonyl (C=O) groups is 3. The Kier molecular flexibility index (Phi) is 7.92. The Bertz CT molecular complexity index is 1070. The van der Waals surface area contributed by atoms with Crippen molar-refractivity contribution in [2.45, 2.75) is 41.2 Å². The highest BCUT2D eigenvalue weighted by Gasteiger charge is 2.16. The molecule has 0 saturated carbocycles. The third-order valence-corrected chi connectivity index (χ3v) is 4.69. The van der Waals surface area contributed by atoms with E-state index < -0.39 is 18.5 Å². The lowest BCUT2D eigenvalue weighted by molar-refractivity contribution is -0.142. The lowest BCUT2D eigenvalue weighted by Crippen LogP contribution is -2.21. The van der Waals surface area contributed by atoms with Gasteiger partial charge in [-0.3, -0.25) is 9.59 Å². The number of ketones is 1. The van der Waals surface area contributed by atoms with Gasteiger partial charge in [0.25, 0.3) is 5.91 Å². The number of amides is 1. The Morgan fingerprint density at radius 2 is 1.94 bits per heavy atom. The van der Waals surface area contributed by atoms with E-state index in [0.717, 1.165) is 23.5 Å². The molecule has 162 valence electrons. The Morgan fingerprint density at radius 1 is 1.23 bits per heavy atom. The summed E-state index contributed by atoms with van der Waals surface area (Å²) in [6.45, 7) is 9.87. The molecule has 2 aromatic rings. The van der Waals surface area contributed by atoms with Crippen molar-refractivity contribution in [3.05, 3.63) is 58.4 Å². The highest BCUT2D eigenvalue weighted by molar-refractivity contribution is 6.01. The second-order valence-electron chi connectivity index (χ2n) is 7.76. The molecule has 0 aliphatic heterocycles. The number of Topliss-reactive ketones (excluding diaryl/α,β-unsaturated/α-hetero) is 1. The molecule has 1 aromatic carbocycles. The topological polar surface area (TPSA) is 101 Å². The number of aryl methyl sites for hydroxylation is 1. The quantitative estimate of drug-likeness (QED) is 0.300. The van der Waals surface area contributed by atoms with Crippen molar-refractivity contribution in [1.82, 2.24) is 4.57 Å². The van der Waals surface area contributed by atoms with Crippen molar-refractivity contribution in [1.29, 1.82) is 5.26 Å². The van der Waals surface area contributed by atoms with Crippen LogP contribution >= 0.6 is 0 Å². The highest BCUT2D eigenvalue weighted by atomic mass is 16.5. The number of nitriles is 1. The van der Waals surface area contributed by atoms with Crippen LogP contribution in [0.4, 0.5) is 5.69 Å². The number of hydrogen-bond donors (Lipinski definition) is 1. The number of ether oxygens (including phenoxy) is 1. The first kappa shape index (κ1) is 23.6. The first-order chi connectivity index (χ1) is 14.6. The molecule has 0 atom stereocenters. The van der Waals surface area contributed by atoms with E-state index in [0.29, 0.717) is 17.2 Å². The molecule has 1 heterocycles. The monoisotopic (exact) mass is 421 g/mol. The van der Waals surface area contributed by atoms with Crippen molar-refractivity contribution in [2.75, 3.05) is 11.9 Å². The molecule has 0 aliphatic rings. The van der Waals surface area contributed by atoms with Crippen LogP contribution in [0.25, 0.3) is 6.08 Å². The van der Waals surface area contributed by atoms with Crippen molar-refractivity contribution in [3.63, 3.8) is 0 Å². The number of anilines is 1. The first-order valence-electron chi connectivity index (χ1n) is 9.98. The maximum atomic E-state index is 12.3. The Balaban J connectivity index is 2.05.